The molecule has 0 radical (unpaired) electrons. The van der Waals surface area contributed by atoms with Gasteiger partial charge in [-0.05, 0) is 43.9 Å². The van der Waals surface area contributed by atoms with Gasteiger partial charge in [-0.25, -0.2) is 8.42 Å². The lowest BCUT2D eigenvalue weighted by Gasteiger charge is -2.17. The zero-order chi connectivity index (χ0) is 19.4. The second-order valence-electron chi connectivity index (χ2n) is 6.95. The van der Waals surface area contributed by atoms with Crippen molar-refractivity contribution in [3.63, 3.8) is 0 Å². The van der Waals surface area contributed by atoms with Crippen LogP contribution in [0.25, 0.3) is 0 Å². The maximum atomic E-state index is 12.6. The molecule has 1 amide bonds. The molecule has 1 N–H and O–H groups in total. The van der Waals surface area contributed by atoms with E-state index in [1.165, 1.54) is 21.2 Å². The average Bonchev–Trinajstić information content (AvgIpc) is 3.33. The molecule has 3 rings (SSSR count). The lowest BCUT2D eigenvalue weighted by molar-refractivity contribution is -0.121. The third-order valence-corrected chi connectivity index (χ3v) is 8.31. The molecule has 146 valence electrons. The quantitative estimate of drug-likeness (QED) is 0.763. The number of nitrogens with zero attached hydrogens (tertiary/aromatic N) is 1. The van der Waals surface area contributed by atoms with Crippen molar-refractivity contribution < 1.29 is 13.2 Å². The molecule has 1 aliphatic rings. The van der Waals surface area contributed by atoms with Crippen molar-refractivity contribution in [1.82, 2.24) is 9.62 Å². The maximum Gasteiger partial charge on any atom is 0.252 e. The van der Waals surface area contributed by atoms with Gasteiger partial charge in [0.15, 0.2) is 0 Å². The molecule has 27 heavy (non-hydrogen) atoms. The first kappa shape index (κ1) is 20.0. The molecule has 0 aliphatic carbocycles. The van der Waals surface area contributed by atoms with Gasteiger partial charge in [0.2, 0.25) is 5.91 Å². The molecule has 2 aromatic rings. The van der Waals surface area contributed by atoms with E-state index in [-0.39, 0.29) is 18.4 Å². The lowest BCUT2D eigenvalue weighted by Crippen LogP contribution is -2.29. The number of benzene rings is 1. The SMILES string of the molecule is CCC(NC(=O)Cc1ccc(S(=O)(=O)N2CCCC2)s1)c1ccc(C)cc1. The van der Waals surface area contributed by atoms with Crippen LogP contribution in [0.4, 0.5) is 0 Å². The Morgan fingerprint density at radius 2 is 1.81 bits per heavy atom. The standard InChI is InChI=1S/C20H26N2O3S2/c1-3-18(16-8-6-15(2)7-9-16)21-19(23)14-17-10-11-20(26-17)27(24,25)22-12-4-5-13-22/h6-11,18H,3-5,12-14H2,1-2H3,(H,21,23). The number of amides is 1. The second-order valence-corrected chi connectivity index (χ2v) is 10.3. The summed E-state index contributed by atoms with van der Waals surface area (Å²) in [6.45, 7) is 5.25. The Balaban J connectivity index is 1.64. The summed E-state index contributed by atoms with van der Waals surface area (Å²) in [6.07, 6.45) is 2.82. The minimum absolute atomic E-state index is 0.0362. The Labute approximate surface area is 165 Å². The molecule has 1 saturated heterocycles. The van der Waals surface area contributed by atoms with E-state index in [1.807, 2.05) is 38.1 Å². The van der Waals surface area contributed by atoms with Crippen molar-refractivity contribution in [3.05, 3.63) is 52.4 Å². The Bertz CT molecular complexity index is 882. The highest BCUT2D eigenvalue weighted by Crippen LogP contribution is 2.28. The molecule has 1 aromatic heterocycles. The van der Waals surface area contributed by atoms with E-state index in [0.717, 1.165) is 29.7 Å². The molecule has 5 nitrogen and oxygen atoms in total. The Kier molecular flexibility index (Phi) is 6.34. The molecule has 7 heteroatoms. The number of hydrogen-bond acceptors (Lipinski definition) is 4. The van der Waals surface area contributed by atoms with Gasteiger partial charge < -0.3 is 5.32 Å². The van der Waals surface area contributed by atoms with E-state index in [2.05, 4.69) is 5.32 Å². The number of carbonyl (C=O) groups excluding carboxylic acids is 1. The third kappa shape index (κ3) is 4.78. The second kappa shape index (κ2) is 8.54. The van der Waals surface area contributed by atoms with Crippen molar-refractivity contribution in [2.24, 2.45) is 0 Å². The molecule has 2 heterocycles. The van der Waals surface area contributed by atoms with E-state index in [9.17, 15) is 13.2 Å². The summed E-state index contributed by atoms with van der Waals surface area (Å²) in [7, 11) is -3.41. The molecule has 0 saturated carbocycles. The Morgan fingerprint density at radius 1 is 1.15 bits per heavy atom. The molecular formula is C20H26N2O3S2. The summed E-state index contributed by atoms with van der Waals surface area (Å²) in [5, 5.41) is 3.06. The fourth-order valence-corrected chi connectivity index (χ4v) is 6.30. The van der Waals surface area contributed by atoms with E-state index in [4.69, 9.17) is 0 Å². The van der Waals surface area contributed by atoms with E-state index < -0.39 is 10.0 Å². The van der Waals surface area contributed by atoms with E-state index >= 15 is 0 Å². The van der Waals surface area contributed by atoms with Gasteiger partial charge in [0.1, 0.15) is 4.21 Å². The molecule has 0 spiro atoms. The Morgan fingerprint density at radius 3 is 2.44 bits per heavy atom. The minimum atomic E-state index is -3.41. The number of hydrogen-bond donors (Lipinski definition) is 1. The summed E-state index contributed by atoms with van der Waals surface area (Å²) in [5.41, 5.74) is 2.27. The zero-order valence-electron chi connectivity index (χ0n) is 15.8. The summed E-state index contributed by atoms with van der Waals surface area (Å²) in [6, 6.07) is 11.5. The summed E-state index contributed by atoms with van der Waals surface area (Å²) < 4.78 is 27.1. The van der Waals surface area contributed by atoms with Crippen LogP contribution in [0.3, 0.4) is 0 Å². The third-order valence-electron chi connectivity index (χ3n) is 4.85. The molecule has 0 bridgehead atoms. The number of rotatable bonds is 7. The van der Waals surface area contributed by atoms with Gasteiger partial charge in [0, 0.05) is 18.0 Å². The van der Waals surface area contributed by atoms with E-state index in [1.54, 1.807) is 12.1 Å². The van der Waals surface area contributed by atoms with Crippen LogP contribution >= 0.6 is 11.3 Å². The highest BCUT2D eigenvalue weighted by Gasteiger charge is 2.28. The molecular weight excluding hydrogens is 380 g/mol. The minimum Gasteiger partial charge on any atom is -0.349 e. The van der Waals surface area contributed by atoms with Crippen LogP contribution < -0.4 is 5.32 Å². The largest absolute Gasteiger partial charge is 0.349 e. The van der Waals surface area contributed by atoms with Crippen LogP contribution in [-0.4, -0.2) is 31.7 Å². The Hall–Kier alpha value is -1.70. The van der Waals surface area contributed by atoms with Gasteiger partial charge in [-0.2, -0.15) is 4.31 Å². The summed E-state index contributed by atoms with van der Waals surface area (Å²) in [5.74, 6) is -0.0885. The normalized spacial score (nSPS) is 16.4. The van der Waals surface area contributed by atoms with Gasteiger partial charge in [-0.15, -0.1) is 11.3 Å². The predicted octanol–water partition coefficient (Wildman–Crippen LogP) is 3.65. The van der Waals surface area contributed by atoms with Crippen molar-refractivity contribution in [3.8, 4) is 0 Å². The fourth-order valence-electron chi connectivity index (χ4n) is 3.27. The predicted molar refractivity (Wildman–Crippen MR) is 108 cm³/mol. The highest BCUT2D eigenvalue weighted by molar-refractivity contribution is 7.91. The van der Waals surface area contributed by atoms with Crippen LogP contribution in [0.1, 0.15) is 48.2 Å². The lowest BCUT2D eigenvalue weighted by atomic mass is 10.0. The van der Waals surface area contributed by atoms with Crippen LogP contribution in [-0.2, 0) is 21.2 Å². The molecule has 1 aliphatic heterocycles. The van der Waals surface area contributed by atoms with Crippen molar-refractivity contribution in [2.75, 3.05) is 13.1 Å². The van der Waals surface area contributed by atoms with Crippen LogP contribution in [0.5, 0.6) is 0 Å². The number of thiophene rings is 1. The highest BCUT2D eigenvalue weighted by atomic mass is 32.2. The van der Waals surface area contributed by atoms with Crippen LogP contribution in [0.2, 0.25) is 0 Å². The number of sulfonamides is 1. The first-order valence-corrected chi connectivity index (χ1v) is 11.6. The number of carbonyl (C=O) groups is 1. The zero-order valence-corrected chi connectivity index (χ0v) is 17.4. The summed E-state index contributed by atoms with van der Waals surface area (Å²) in [4.78, 5) is 13.2. The van der Waals surface area contributed by atoms with Gasteiger partial charge in [-0.1, -0.05) is 36.8 Å². The van der Waals surface area contributed by atoms with Crippen molar-refractivity contribution >= 4 is 27.3 Å². The molecule has 1 atom stereocenters. The van der Waals surface area contributed by atoms with Crippen molar-refractivity contribution in [1.29, 1.82) is 0 Å². The summed E-state index contributed by atoms with van der Waals surface area (Å²) >= 11 is 1.20. The van der Waals surface area contributed by atoms with Crippen molar-refractivity contribution in [2.45, 2.75) is 49.8 Å². The molecule has 1 fully saturated rings. The fraction of sp³-hybridized carbons (Fsp3) is 0.450. The first-order chi connectivity index (χ1) is 12.9. The van der Waals surface area contributed by atoms with Gasteiger partial charge >= 0.3 is 0 Å². The number of nitrogens with one attached hydrogen (secondary N) is 1. The van der Waals surface area contributed by atoms with Gasteiger partial charge in [0.05, 0.1) is 12.5 Å². The smallest absolute Gasteiger partial charge is 0.252 e. The molecule has 1 aromatic carbocycles. The monoisotopic (exact) mass is 406 g/mol. The van der Waals surface area contributed by atoms with Gasteiger partial charge in [-0.3, -0.25) is 4.79 Å². The first-order valence-electron chi connectivity index (χ1n) is 9.35. The van der Waals surface area contributed by atoms with Crippen LogP contribution in [0.15, 0.2) is 40.6 Å². The van der Waals surface area contributed by atoms with E-state index in [0.29, 0.717) is 17.3 Å². The maximum absolute atomic E-state index is 12.6. The topological polar surface area (TPSA) is 66.5 Å². The van der Waals surface area contributed by atoms with Crippen LogP contribution in [0, 0.1) is 6.92 Å². The average molecular weight is 407 g/mol. The van der Waals surface area contributed by atoms with Gasteiger partial charge in [0.25, 0.3) is 10.0 Å². The number of aryl methyl sites for hydroxylation is 1. The molecule has 1 unspecified atom stereocenters.